The van der Waals surface area contributed by atoms with E-state index in [9.17, 15) is 25.0 Å². The fraction of sp³-hybridized carbons (Fsp3) is 0.0370. The maximum Gasteiger partial charge on any atom is 0.273 e. The number of para-hydroxylation sites is 1. The van der Waals surface area contributed by atoms with Gasteiger partial charge in [-0.15, -0.1) is 11.3 Å². The van der Waals surface area contributed by atoms with Crippen LogP contribution in [0.25, 0.3) is 28.6 Å². The van der Waals surface area contributed by atoms with Crippen molar-refractivity contribution >= 4 is 34.6 Å². The highest BCUT2D eigenvalue weighted by molar-refractivity contribution is 7.07. The first kappa shape index (κ1) is 25.1. The second-order valence-electron chi connectivity index (χ2n) is 8.15. The molecule has 3 heterocycles. The summed E-state index contributed by atoms with van der Waals surface area (Å²) in [5.41, 5.74) is 1.19. The maximum absolute atomic E-state index is 13.6. The van der Waals surface area contributed by atoms with Crippen LogP contribution in [0, 0.1) is 21.4 Å². The summed E-state index contributed by atoms with van der Waals surface area (Å²) in [5, 5.41) is 30.7. The lowest BCUT2D eigenvalue weighted by atomic mass is 10.1. The predicted molar refractivity (Wildman–Crippen MR) is 143 cm³/mol. The van der Waals surface area contributed by atoms with Crippen LogP contribution in [-0.4, -0.2) is 25.6 Å². The number of nitro groups is 1. The topological polar surface area (TPSA) is 160 Å². The molecule has 0 aliphatic heterocycles. The average Bonchev–Trinajstić information content (AvgIpc) is 3.70. The molecule has 11 nitrogen and oxygen atoms in total. The van der Waals surface area contributed by atoms with Crippen molar-refractivity contribution in [3.63, 3.8) is 0 Å². The van der Waals surface area contributed by atoms with Crippen molar-refractivity contribution in [2.75, 3.05) is 0 Å². The van der Waals surface area contributed by atoms with Gasteiger partial charge in [-0.25, -0.2) is 0 Å². The number of nitro benzene ring substituents is 1. The lowest BCUT2D eigenvalue weighted by Crippen LogP contribution is -2.33. The van der Waals surface area contributed by atoms with E-state index in [0.29, 0.717) is 28.3 Å². The van der Waals surface area contributed by atoms with Crippen LogP contribution >= 0.6 is 11.3 Å². The Bertz CT molecular complexity index is 1900. The Labute approximate surface area is 223 Å². The largest absolute Gasteiger partial charge is 0.467 e. The van der Waals surface area contributed by atoms with Crippen molar-refractivity contribution in [1.82, 2.24) is 20.1 Å². The van der Waals surface area contributed by atoms with Crippen LogP contribution in [0.2, 0.25) is 0 Å². The average molecular weight is 539 g/mol. The van der Waals surface area contributed by atoms with Crippen LogP contribution in [0.5, 0.6) is 0 Å². The molecule has 0 spiro atoms. The van der Waals surface area contributed by atoms with Gasteiger partial charge in [0.2, 0.25) is 0 Å². The summed E-state index contributed by atoms with van der Waals surface area (Å²) in [6, 6.07) is 20.0. The molecule has 0 unspecified atom stereocenters. The van der Waals surface area contributed by atoms with Crippen molar-refractivity contribution in [2.45, 2.75) is 6.54 Å². The molecule has 39 heavy (non-hydrogen) atoms. The number of aromatic amines is 1. The van der Waals surface area contributed by atoms with Gasteiger partial charge in [0.25, 0.3) is 17.2 Å². The third-order valence-electron chi connectivity index (χ3n) is 5.69. The van der Waals surface area contributed by atoms with Gasteiger partial charge in [0.15, 0.2) is 5.57 Å². The standard InChI is InChI=1S/C27H18N6O5S/c28-14-22(25(34)29-16-21-10-5-11-38-21)27-32(19-7-2-1-3-8-19)26(35)23(39-27)13-18-15-30-31-24(18)17-6-4-9-20(12-17)33(36)37/h1-13,15H,16H2,(H,29,34)(H,30,31). The Morgan fingerprint density at radius 3 is 2.74 bits per heavy atom. The number of benzene rings is 2. The lowest BCUT2D eigenvalue weighted by Gasteiger charge is -2.04. The number of nitrogens with one attached hydrogen (secondary N) is 2. The van der Waals surface area contributed by atoms with E-state index in [2.05, 4.69) is 15.5 Å². The molecule has 12 heteroatoms. The Balaban J connectivity index is 1.67. The first-order chi connectivity index (χ1) is 19.0. The number of nitrogens with zero attached hydrogens (tertiary/aromatic N) is 4. The van der Waals surface area contributed by atoms with E-state index in [1.165, 1.54) is 29.2 Å². The van der Waals surface area contributed by atoms with E-state index in [0.717, 1.165) is 11.3 Å². The molecule has 0 radical (unpaired) electrons. The molecule has 0 aliphatic carbocycles. The molecule has 3 aromatic heterocycles. The van der Waals surface area contributed by atoms with Gasteiger partial charge < -0.3 is 9.73 Å². The highest BCUT2D eigenvalue weighted by Gasteiger charge is 2.18. The van der Waals surface area contributed by atoms with Gasteiger partial charge >= 0.3 is 0 Å². The number of H-pyrrole nitrogens is 1. The minimum atomic E-state index is -0.660. The molecule has 0 atom stereocenters. The summed E-state index contributed by atoms with van der Waals surface area (Å²) in [4.78, 5) is 37.4. The second-order valence-corrected chi connectivity index (χ2v) is 9.18. The molecule has 0 aliphatic rings. The Hall–Kier alpha value is -5.54. The molecule has 1 amide bonds. The number of amides is 1. The van der Waals surface area contributed by atoms with Crippen molar-refractivity contribution in [3.05, 3.63) is 120 Å². The minimum absolute atomic E-state index is 0.0680. The molecule has 192 valence electrons. The number of carbonyl (C=O) groups excluding carboxylic acids is 1. The normalized spacial score (nSPS) is 12.1. The number of furan rings is 1. The monoisotopic (exact) mass is 538 g/mol. The summed E-state index contributed by atoms with van der Waals surface area (Å²) < 4.78 is 6.93. The van der Waals surface area contributed by atoms with Gasteiger partial charge in [0.05, 0.1) is 39.8 Å². The van der Waals surface area contributed by atoms with Crippen LogP contribution in [-0.2, 0) is 11.3 Å². The maximum atomic E-state index is 13.6. The predicted octanol–water partition coefficient (Wildman–Crippen LogP) is 2.61. The van der Waals surface area contributed by atoms with Crippen LogP contribution in [0.3, 0.4) is 0 Å². The van der Waals surface area contributed by atoms with Crippen LogP contribution in [0.15, 0.2) is 88.4 Å². The minimum Gasteiger partial charge on any atom is -0.467 e. The Kier molecular flexibility index (Phi) is 6.98. The van der Waals surface area contributed by atoms with Crippen molar-refractivity contribution in [1.29, 1.82) is 5.26 Å². The fourth-order valence-corrected chi connectivity index (χ4v) is 4.97. The van der Waals surface area contributed by atoms with Crippen molar-refractivity contribution in [3.8, 4) is 23.0 Å². The van der Waals surface area contributed by atoms with Gasteiger partial charge in [-0.3, -0.25) is 29.4 Å². The molecule has 0 fully saturated rings. The molecular weight excluding hydrogens is 520 g/mol. The number of rotatable bonds is 7. The SMILES string of the molecule is N#CC(C(=O)NCc1ccco1)=c1sc(=Cc2cn[nH]c2-c2cccc([N+](=O)[O-])c2)c(=O)n1-c1ccccc1. The number of nitriles is 1. The second kappa shape index (κ2) is 10.8. The third kappa shape index (κ3) is 5.15. The number of hydrogen-bond donors (Lipinski definition) is 2. The summed E-state index contributed by atoms with van der Waals surface area (Å²) in [7, 11) is 0. The van der Waals surface area contributed by atoms with Gasteiger partial charge in [0, 0.05) is 23.3 Å². The first-order valence-electron chi connectivity index (χ1n) is 11.5. The zero-order chi connectivity index (χ0) is 27.4. The van der Waals surface area contributed by atoms with Crippen LogP contribution in [0.4, 0.5) is 5.69 Å². The van der Waals surface area contributed by atoms with Gasteiger partial charge in [-0.1, -0.05) is 30.3 Å². The fourth-order valence-electron chi connectivity index (χ4n) is 3.88. The third-order valence-corrected chi connectivity index (χ3v) is 6.79. The van der Waals surface area contributed by atoms with Crippen molar-refractivity contribution < 1.29 is 14.1 Å². The molecule has 0 saturated carbocycles. The Morgan fingerprint density at radius 2 is 2.03 bits per heavy atom. The summed E-state index contributed by atoms with van der Waals surface area (Å²) in [5.74, 6) is -0.151. The van der Waals surface area contributed by atoms with Gasteiger partial charge in [-0.05, 0) is 30.3 Å². The van der Waals surface area contributed by atoms with E-state index in [4.69, 9.17) is 4.42 Å². The van der Waals surface area contributed by atoms with Gasteiger partial charge in [0.1, 0.15) is 16.5 Å². The van der Waals surface area contributed by atoms with E-state index in [-0.39, 0.29) is 27.0 Å². The highest BCUT2D eigenvalue weighted by atomic mass is 32.1. The number of thiazole rings is 1. The van der Waals surface area contributed by atoms with Crippen LogP contribution < -0.4 is 20.1 Å². The lowest BCUT2D eigenvalue weighted by molar-refractivity contribution is -0.384. The molecule has 2 N–H and O–H groups in total. The molecule has 2 aromatic carbocycles. The van der Waals surface area contributed by atoms with Crippen molar-refractivity contribution in [2.24, 2.45) is 0 Å². The Morgan fingerprint density at radius 1 is 1.21 bits per heavy atom. The summed E-state index contributed by atoms with van der Waals surface area (Å²) >= 11 is 0.977. The number of hydrogen-bond acceptors (Lipinski definition) is 8. The number of aromatic nitrogens is 3. The van der Waals surface area contributed by atoms with E-state index >= 15 is 0 Å². The smallest absolute Gasteiger partial charge is 0.273 e. The summed E-state index contributed by atoms with van der Waals surface area (Å²) in [6.45, 7) is 0.0680. The highest BCUT2D eigenvalue weighted by Crippen LogP contribution is 2.25. The quantitative estimate of drug-likeness (QED) is 0.238. The zero-order valence-corrected chi connectivity index (χ0v) is 20.8. The molecule has 0 saturated heterocycles. The first-order valence-corrected chi connectivity index (χ1v) is 12.3. The summed E-state index contributed by atoms with van der Waals surface area (Å²) in [6.07, 6.45) is 4.54. The number of non-ortho nitro benzene ring substituents is 1. The molecular formula is C27H18N6O5S. The van der Waals surface area contributed by atoms with Gasteiger partial charge in [-0.2, -0.15) is 10.4 Å². The van der Waals surface area contributed by atoms with E-state index in [1.807, 2.05) is 6.07 Å². The molecule has 0 bridgehead atoms. The molecule has 5 rings (SSSR count). The van der Waals surface area contributed by atoms with Crippen LogP contribution in [0.1, 0.15) is 11.3 Å². The van der Waals surface area contributed by atoms with E-state index < -0.39 is 16.4 Å². The zero-order valence-electron chi connectivity index (χ0n) is 20.0. The molecule has 5 aromatic rings. The van der Waals surface area contributed by atoms with E-state index in [1.54, 1.807) is 60.7 Å². The number of carbonyl (C=O) groups is 1.